The van der Waals surface area contributed by atoms with E-state index >= 15 is 0 Å². The van der Waals surface area contributed by atoms with E-state index in [1.54, 1.807) is 0 Å². The molecule has 0 bridgehead atoms. The number of carbonyl (C=O) groups excluding carboxylic acids is 1. The third-order valence-electron chi connectivity index (χ3n) is 4.39. The highest BCUT2D eigenvalue weighted by molar-refractivity contribution is 5.81. The standard InChI is InChI=1S/C15H31N3O/c1-4-13(5-2)17-15(19)12(3)18(11-10-16)14-8-6-7-9-14/h12-14H,4-11,16H2,1-3H3,(H,17,19). The summed E-state index contributed by atoms with van der Waals surface area (Å²) in [5.41, 5.74) is 5.72. The summed E-state index contributed by atoms with van der Waals surface area (Å²) in [5.74, 6) is 0.161. The van der Waals surface area contributed by atoms with Crippen LogP contribution in [0, 0.1) is 0 Å². The molecular formula is C15H31N3O. The highest BCUT2D eigenvalue weighted by Crippen LogP contribution is 2.24. The predicted octanol–water partition coefficient (Wildman–Crippen LogP) is 1.88. The zero-order valence-electron chi connectivity index (χ0n) is 12.8. The van der Waals surface area contributed by atoms with E-state index in [-0.39, 0.29) is 11.9 Å². The largest absolute Gasteiger partial charge is 0.352 e. The Morgan fingerprint density at radius 2 is 1.89 bits per heavy atom. The number of nitrogens with zero attached hydrogens (tertiary/aromatic N) is 1. The minimum Gasteiger partial charge on any atom is -0.352 e. The average Bonchev–Trinajstić information content (AvgIpc) is 2.94. The van der Waals surface area contributed by atoms with Crippen molar-refractivity contribution in [3.05, 3.63) is 0 Å². The quantitative estimate of drug-likeness (QED) is 0.707. The van der Waals surface area contributed by atoms with Gasteiger partial charge in [0.1, 0.15) is 0 Å². The van der Waals surface area contributed by atoms with E-state index in [1.165, 1.54) is 25.7 Å². The summed E-state index contributed by atoms with van der Waals surface area (Å²) in [6, 6.07) is 0.788. The van der Waals surface area contributed by atoms with Crippen LogP contribution in [0.3, 0.4) is 0 Å². The van der Waals surface area contributed by atoms with Gasteiger partial charge in [0.2, 0.25) is 5.91 Å². The molecule has 1 unspecified atom stereocenters. The summed E-state index contributed by atoms with van der Waals surface area (Å²) in [7, 11) is 0. The van der Waals surface area contributed by atoms with Crippen LogP contribution in [0.25, 0.3) is 0 Å². The first kappa shape index (κ1) is 16.4. The van der Waals surface area contributed by atoms with Gasteiger partial charge < -0.3 is 11.1 Å². The Bertz CT molecular complexity index is 260. The Morgan fingerprint density at radius 3 is 2.37 bits per heavy atom. The molecule has 112 valence electrons. The van der Waals surface area contributed by atoms with Gasteiger partial charge in [0.15, 0.2) is 0 Å². The maximum absolute atomic E-state index is 12.4. The molecular weight excluding hydrogens is 238 g/mol. The van der Waals surface area contributed by atoms with Crippen molar-refractivity contribution in [2.75, 3.05) is 13.1 Å². The lowest BCUT2D eigenvalue weighted by atomic mass is 10.1. The molecule has 1 aliphatic rings. The van der Waals surface area contributed by atoms with E-state index in [9.17, 15) is 4.79 Å². The topological polar surface area (TPSA) is 58.4 Å². The van der Waals surface area contributed by atoms with Crippen molar-refractivity contribution in [3.8, 4) is 0 Å². The van der Waals surface area contributed by atoms with Gasteiger partial charge >= 0.3 is 0 Å². The average molecular weight is 269 g/mol. The molecule has 0 radical (unpaired) electrons. The maximum atomic E-state index is 12.4. The van der Waals surface area contributed by atoms with Gasteiger partial charge in [-0.2, -0.15) is 0 Å². The van der Waals surface area contributed by atoms with Crippen LogP contribution in [-0.4, -0.2) is 42.0 Å². The number of amides is 1. The molecule has 0 saturated heterocycles. The van der Waals surface area contributed by atoms with Gasteiger partial charge in [-0.25, -0.2) is 0 Å². The van der Waals surface area contributed by atoms with Crippen molar-refractivity contribution in [1.29, 1.82) is 0 Å². The Hall–Kier alpha value is -0.610. The van der Waals surface area contributed by atoms with Crippen LogP contribution in [0.5, 0.6) is 0 Å². The van der Waals surface area contributed by atoms with E-state index in [0.717, 1.165) is 19.4 Å². The Kier molecular flexibility index (Phi) is 7.39. The van der Waals surface area contributed by atoms with Crippen LogP contribution in [0.15, 0.2) is 0 Å². The molecule has 1 fully saturated rings. The summed E-state index contributed by atoms with van der Waals surface area (Å²) >= 11 is 0. The SMILES string of the molecule is CCC(CC)NC(=O)C(C)N(CCN)C1CCCC1. The first-order valence-corrected chi connectivity index (χ1v) is 7.90. The fraction of sp³-hybridized carbons (Fsp3) is 0.933. The number of nitrogens with two attached hydrogens (primary N) is 1. The van der Waals surface area contributed by atoms with E-state index < -0.39 is 0 Å². The lowest BCUT2D eigenvalue weighted by Gasteiger charge is -2.34. The zero-order chi connectivity index (χ0) is 14.3. The highest BCUT2D eigenvalue weighted by atomic mass is 16.2. The van der Waals surface area contributed by atoms with Crippen LogP contribution in [-0.2, 0) is 4.79 Å². The molecule has 3 N–H and O–H groups in total. The number of carbonyl (C=O) groups is 1. The summed E-state index contributed by atoms with van der Waals surface area (Å²) in [5, 5.41) is 3.16. The predicted molar refractivity (Wildman–Crippen MR) is 80.0 cm³/mol. The van der Waals surface area contributed by atoms with Crippen LogP contribution in [0.4, 0.5) is 0 Å². The Balaban J connectivity index is 2.58. The summed E-state index contributed by atoms with van der Waals surface area (Å²) < 4.78 is 0. The second-order valence-corrected chi connectivity index (χ2v) is 5.66. The van der Waals surface area contributed by atoms with Gasteiger partial charge in [-0.15, -0.1) is 0 Å². The summed E-state index contributed by atoms with van der Waals surface area (Å²) in [6.07, 6.45) is 6.98. The zero-order valence-corrected chi connectivity index (χ0v) is 12.8. The molecule has 0 spiro atoms. The van der Waals surface area contributed by atoms with Crippen LogP contribution in [0.2, 0.25) is 0 Å². The number of hydrogen-bond acceptors (Lipinski definition) is 3. The molecule has 0 aliphatic heterocycles. The molecule has 0 aromatic rings. The summed E-state index contributed by atoms with van der Waals surface area (Å²) in [4.78, 5) is 14.7. The lowest BCUT2D eigenvalue weighted by Crippen LogP contribution is -2.52. The third kappa shape index (κ3) is 4.77. The fourth-order valence-corrected chi connectivity index (χ4v) is 3.04. The van der Waals surface area contributed by atoms with Crippen molar-refractivity contribution in [2.24, 2.45) is 5.73 Å². The fourth-order valence-electron chi connectivity index (χ4n) is 3.04. The minimum atomic E-state index is -0.0627. The van der Waals surface area contributed by atoms with Crippen molar-refractivity contribution < 1.29 is 4.79 Å². The first-order valence-electron chi connectivity index (χ1n) is 7.90. The van der Waals surface area contributed by atoms with Gasteiger partial charge in [0, 0.05) is 25.2 Å². The van der Waals surface area contributed by atoms with E-state index in [1.807, 2.05) is 6.92 Å². The van der Waals surface area contributed by atoms with Crippen molar-refractivity contribution in [3.63, 3.8) is 0 Å². The Labute approximate surface area is 118 Å². The molecule has 4 nitrogen and oxygen atoms in total. The minimum absolute atomic E-state index is 0.0627. The molecule has 0 aromatic heterocycles. The molecule has 4 heteroatoms. The van der Waals surface area contributed by atoms with Crippen LogP contribution >= 0.6 is 0 Å². The highest BCUT2D eigenvalue weighted by Gasteiger charge is 2.29. The maximum Gasteiger partial charge on any atom is 0.237 e. The molecule has 19 heavy (non-hydrogen) atoms. The van der Waals surface area contributed by atoms with Gasteiger partial charge in [-0.05, 0) is 32.6 Å². The molecule has 1 aliphatic carbocycles. The van der Waals surface area contributed by atoms with E-state index in [0.29, 0.717) is 18.6 Å². The first-order chi connectivity index (χ1) is 9.13. The van der Waals surface area contributed by atoms with Gasteiger partial charge in [0.05, 0.1) is 6.04 Å². The van der Waals surface area contributed by atoms with Gasteiger partial charge in [0.25, 0.3) is 0 Å². The number of nitrogens with one attached hydrogen (secondary N) is 1. The van der Waals surface area contributed by atoms with E-state index in [2.05, 4.69) is 24.1 Å². The second kappa shape index (κ2) is 8.54. The smallest absolute Gasteiger partial charge is 0.237 e. The molecule has 1 saturated carbocycles. The molecule has 0 aromatic carbocycles. The molecule has 1 rings (SSSR count). The van der Waals surface area contributed by atoms with E-state index in [4.69, 9.17) is 5.73 Å². The number of hydrogen-bond donors (Lipinski definition) is 2. The summed E-state index contributed by atoms with van der Waals surface area (Å²) in [6.45, 7) is 7.70. The lowest BCUT2D eigenvalue weighted by molar-refractivity contribution is -0.127. The monoisotopic (exact) mass is 269 g/mol. The molecule has 1 atom stereocenters. The van der Waals surface area contributed by atoms with Crippen molar-refractivity contribution >= 4 is 5.91 Å². The Morgan fingerprint density at radius 1 is 1.32 bits per heavy atom. The van der Waals surface area contributed by atoms with Crippen LogP contribution < -0.4 is 11.1 Å². The molecule has 1 amide bonds. The normalized spacial score (nSPS) is 18.2. The van der Waals surface area contributed by atoms with Crippen molar-refractivity contribution in [2.45, 2.75) is 77.4 Å². The van der Waals surface area contributed by atoms with Gasteiger partial charge in [-0.1, -0.05) is 26.7 Å². The van der Waals surface area contributed by atoms with Gasteiger partial charge in [-0.3, -0.25) is 9.69 Å². The van der Waals surface area contributed by atoms with Crippen molar-refractivity contribution in [1.82, 2.24) is 10.2 Å². The molecule has 0 heterocycles. The van der Waals surface area contributed by atoms with Crippen LogP contribution in [0.1, 0.15) is 59.3 Å². The number of rotatable bonds is 8. The third-order valence-corrected chi connectivity index (χ3v) is 4.39. The second-order valence-electron chi connectivity index (χ2n) is 5.66.